The third-order valence-corrected chi connectivity index (χ3v) is 4.68. The van der Waals surface area contributed by atoms with E-state index >= 15 is 0 Å². The van der Waals surface area contributed by atoms with Gasteiger partial charge in [0.2, 0.25) is 0 Å². The van der Waals surface area contributed by atoms with Gasteiger partial charge >= 0.3 is 11.9 Å². The smallest absolute Gasteiger partial charge is 0.338 e. The molecule has 0 bridgehead atoms. The predicted molar refractivity (Wildman–Crippen MR) is 102 cm³/mol. The SMILES string of the molecule is COC1OC(C(COC(=O)c2ccccc2)OC(=O)c2ccccc2)CC1C. The second kappa shape index (κ2) is 9.48. The first-order chi connectivity index (χ1) is 13.6. The van der Waals surface area contributed by atoms with E-state index in [2.05, 4.69) is 0 Å². The standard InChI is InChI=1S/C22H24O6/c1-15-13-18(28-22(15)25-2)19(27-21(24)17-11-7-4-8-12-17)14-26-20(23)16-9-5-3-6-10-16/h3-12,15,18-19,22H,13-14H2,1-2H3. The van der Waals surface area contributed by atoms with Gasteiger partial charge in [-0.05, 0) is 30.7 Å². The quantitative estimate of drug-likeness (QED) is 0.681. The van der Waals surface area contributed by atoms with Crippen LogP contribution in [0.25, 0.3) is 0 Å². The largest absolute Gasteiger partial charge is 0.458 e. The molecule has 28 heavy (non-hydrogen) atoms. The van der Waals surface area contributed by atoms with Crippen molar-refractivity contribution in [3.05, 3.63) is 71.8 Å². The molecule has 148 valence electrons. The molecular formula is C22H24O6. The lowest BCUT2D eigenvalue weighted by Gasteiger charge is -2.23. The molecule has 6 heteroatoms. The van der Waals surface area contributed by atoms with Crippen molar-refractivity contribution < 1.29 is 28.5 Å². The van der Waals surface area contributed by atoms with E-state index in [9.17, 15) is 9.59 Å². The molecule has 1 fully saturated rings. The molecule has 4 unspecified atom stereocenters. The van der Waals surface area contributed by atoms with Crippen LogP contribution in [0.15, 0.2) is 60.7 Å². The first-order valence-corrected chi connectivity index (χ1v) is 9.25. The Hall–Kier alpha value is -2.70. The van der Waals surface area contributed by atoms with Gasteiger partial charge in [-0.25, -0.2) is 9.59 Å². The molecule has 0 aromatic heterocycles. The second-order valence-electron chi connectivity index (χ2n) is 6.77. The third-order valence-electron chi connectivity index (χ3n) is 4.68. The molecule has 6 nitrogen and oxygen atoms in total. The monoisotopic (exact) mass is 384 g/mol. The Morgan fingerprint density at radius 3 is 2.11 bits per heavy atom. The average molecular weight is 384 g/mol. The summed E-state index contributed by atoms with van der Waals surface area (Å²) in [4.78, 5) is 24.8. The zero-order valence-electron chi connectivity index (χ0n) is 15.9. The van der Waals surface area contributed by atoms with E-state index in [4.69, 9.17) is 18.9 Å². The van der Waals surface area contributed by atoms with E-state index < -0.39 is 24.1 Å². The molecule has 0 aliphatic carbocycles. The van der Waals surface area contributed by atoms with Gasteiger partial charge in [0.15, 0.2) is 12.4 Å². The lowest BCUT2D eigenvalue weighted by Crippen LogP contribution is -2.36. The van der Waals surface area contributed by atoms with Crippen LogP contribution in [0.2, 0.25) is 0 Å². The number of hydrogen-bond acceptors (Lipinski definition) is 6. The number of esters is 2. The van der Waals surface area contributed by atoms with Crippen molar-refractivity contribution in [1.29, 1.82) is 0 Å². The Labute approximate surface area is 164 Å². The van der Waals surface area contributed by atoms with E-state index in [0.717, 1.165) is 0 Å². The number of methoxy groups -OCH3 is 1. The number of benzene rings is 2. The molecule has 0 radical (unpaired) electrons. The van der Waals surface area contributed by atoms with Crippen LogP contribution in [0.4, 0.5) is 0 Å². The summed E-state index contributed by atoms with van der Waals surface area (Å²) in [5.74, 6) is -0.827. The van der Waals surface area contributed by atoms with Gasteiger partial charge in [-0.1, -0.05) is 43.3 Å². The van der Waals surface area contributed by atoms with Crippen molar-refractivity contribution in [2.75, 3.05) is 13.7 Å². The third kappa shape index (κ3) is 4.97. The molecule has 0 saturated carbocycles. The fourth-order valence-electron chi connectivity index (χ4n) is 3.18. The molecule has 1 aliphatic heterocycles. The minimum atomic E-state index is -0.733. The van der Waals surface area contributed by atoms with E-state index in [1.807, 2.05) is 19.1 Å². The van der Waals surface area contributed by atoms with Gasteiger partial charge in [-0.15, -0.1) is 0 Å². The Morgan fingerprint density at radius 2 is 1.57 bits per heavy atom. The van der Waals surface area contributed by atoms with E-state index in [-0.39, 0.29) is 18.8 Å². The van der Waals surface area contributed by atoms with Gasteiger partial charge in [0.25, 0.3) is 0 Å². The van der Waals surface area contributed by atoms with Crippen molar-refractivity contribution in [2.45, 2.75) is 31.8 Å². The normalized spacial score (nSPS) is 22.4. The van der Waals surface area contributed by atoms with Gasteiger partial charge in [0, 0.05) is 13.0 Å². The minimum Gasteiger partial charge on any atom is -0.458 e. The summed E-state index contributed by atoms with van der Waals surface area (Å²) in [7, 11) is 1.57. The Morgan fingerprint density at radius 1 is 1.00 bits per heavy atom. The van der Waals surface area contributed by atoms with Crippen molar-refractivity contribution in [1.82, 2.24) is 0 Å². The molecule has 0 amide bonds. The summed E-state index contributed by atoms with van der Waals surface area (Å²) >= 11 is 0. The van der Waals surface area contributed by atoms with Gasteiger partial charge in [-0.2, -0.15) is 0 Å². The molecule has 0 spiro atoms. The number of carbonyl (C=O) groups is 2. The van der Waals surface area contributed by atoms with Gasteiger partial charge < -0.3 is 18.9 Å². The number of hydrogen-bond donors (Lipinski definition) is 0. The lowest BCUT2D eigenvalue weighted by molar-refractivity contribution is -0.154. The van der Waals surface area contributed by atoms with Crippen molar-refractivity contribution >= 4 is 11.9 Å². The average Bonchev–Trinajstić information content (AvgIpc) is 3.12. The number of ether oxygens (including phenoxy) is 4. The van der Waals surface area contributed by atoms with Gasteiger partial charge in [0.1, 0.15) is 12.7 Å². The van der Waals surface area contributed by atoms with Crippen LogP contribution in [-0.4, -0.2) is 44.2 Å². The van der Waals surface area contributed by atoms with Crippen LogP contribution in [0.5, 0.6) is 0 Å². The van der Waals surface area contributed by atoms with Crippen LogP contribution in [-0.2, 0) is 18.9 Å². The molecule has 2 aromatic carbocycles. The minimum absolute atomic E-state index is 0.0971. The summed E-state index contributed by atoms with van der Waals surface area (Å²) in [5, 5.41) is 0. The highest BCUT2D eigenvalue weighted by Gasteiger charge is 2.39. The zero-order valence-corrected chi connectivity index (χ0v) is 15.9. The predicted octanol–water partition coefficient (Wildman–Crippen LogP) is 3.47. The molecule has 0 N–H and O–H groups in total. The molecule has 2 aromatic rings. The Balaban J connectivity index is 1.69. The summed E-state index contributed by atoms with van der Waals surface area (Å²) in [6.07, 6.45) is -0.902. The summed E-state index contributed by atoms with van der Waals surface area (Å²) in [5.41, 5.74) is 0.863. The van der Waals surface area contributed by atoms with Crippen LogP contribution in [0.1, 0.15) is 34.1 Å². The molecule has 1 heterocycles. The van der Waals surface area contributed by atoms with E-state index in [1.165, 1.54) is 0 Å². The van der Waals surface area contributed by atoms with Crippen LogP contribution >= 0.6 is 0 Å². The Kier molecular flexibility index (Phi) is 6.79. The summed E-state index contributed by atoms with van der Waals surface area (Å²) in [6, 6.07) is 17.4. The highest BCUT2D eigenvalue weighted by Crippen LogP contribution is 2.30. The topological polar surface area (TPSA) is 71.1 Å². The number of rotatable bonds is 7. The summed E-state index contributed by atoms with van der Waals surface area (Å²) < 4.78 is 22.2. The highest BCUT2D eigenvalue weighted by molar-refractivity contribution is 5.90. The van der Waals surface area contributed by atoms with Gasteiger partial charge in [-0.3, -0.25) is 0 Å². The second-order valence-corrected chi connectivity index (χ2v) is 6.77. The fraction of sp³-hybridized carbons (Fsp3) is 0.364. The van der Waals surface area contributed by atoms with E-state index in [1.54, 1.807) is 55.6 Å². The molecule has 1 saturated heterocycles. The highest BCUT2D eigenvalue weighted by atomic mass is 16.7. The first-order valence-electron chi connectivity index (χ1n) is 9.25. The zero-order chi connectivity index (χ0) is 19.9. The van der Waals surface area contributed by atoms with Crippen molar-refractivity contribution in [3.63, 3.8) is 0 Å². The van der Waals surface area contributed by atoms with E-state index in [0.29, 0.717) is 17.5 Å². The fourth-order valence-corrected chi connectivity index (χ4v) is 3.18. The van der Waals surface area contributed by atoms with Gasteiger partial charge in [0.05, 0.1) is 11.1 Å². The maximum Gasteiger partial charge on any atom is 0.338 e. The molecule has 3 rings (SSSR count). The first kappa shape index (κ1) is 20.0. The van der Waals surface area contributed by atoms with Crippen LogP contribution in [0, 0.1) is 5.92 Å². The maximum atomic E-state index is 12.5. The van der Waals surface area contributed by atoms with Crippen LogP contribution in [0.3, 0.4) is 0 Å². The van der Waals surface area contributed by atoms with Crippen molar-refractivity contribution in [3.8, 4) is 0 Å². The molecule has 4 atom stereocenters. The maximum absolute atomic E-state index is 12.5. The summed E-state index contributed by atoms with van der Waals surface area (Å²) in [6.45, 7) is 1.90. The lowest BCUT2D eigenvalue weighted by atomic mass is 10.0. The van der Waals surface area contributed by atoms with Crippen molar-refractivity contribution in [2.24, 2.45) is 5.92 Å². The molecule has 1 aliphatic rings. The van der Waals surface area contributed by atoms with Crippen LogP contribution < -0.4 is 0 Å². The number of carbonyl (C=O) groups excluding carboxylic acids is 2. The molecular weight excluding hydrogens is 360 g/mol. The Bertz CT molecular complexity index is 776.